The van der Waals surface area contributed by atoms with Gasteiger partial charge in [0.25, 0.3) is 0 Å². The molecule has 1 aliphatic rings. The third kappa shape index (κ3) is 4.55. The van der Waals surface area contributed by atoms with Crippen molar-refractivity contribution in [2.45, 2.75) is 24.8 Å². The number of sulfonamides is 1. The van der Waals surface area contributed by atoms with Gasteiger partial charge in [-0.25, -0.2) is 8.42 Å². The molecule has 0 N–H and O–H groups in total. The Kier molecular flexibility index (Phi) is 6.49. The van der Waals surface area contributed by atoms with Crippen LogP contribution < -0.4 is 0 Å². The summed E-state index contributed by atoms with van der Waals surface area (Å²) in [6.45, 7) is 6.06. The number of nitrogens with zero attached hydrogens (tertiary/aromatic N) is 2. The van der Waals surface area contributed by atoms with E-state index in [9.17, 15) is 8.42 Å². The fourth-order valence-corrected chi connectivity index (χ4v) is 6.11. The highest BCUT2D eigenvalue weighted by molar-refractivity contribution is 7.89. The molecule has 1 heterocycles. The lowest BCUT2D eigenvalue weighted by atomic mass is 9.96. The molecule has 1 fully saturated rings. The minimum Gasteiger partial charge on any atom is -0.290 e. The highest BCUT2D eigenvalue weighted by Crippen LogP contribution is 2.31. The Morgan fingerprint density at radius 2 is 1.39 bits per heavy atom. The van der Waals surface area contributed by atoms with Crippen molar-refractivity contribution in [1.82, 2.24) is 9.21 Å². The van der Waals surface area contributed by atoms with Crippen molar-refractivity contribution in [3.8, 4) is 0 Å². The largest absolute Gasteiger partial charge is 0.290 e. The maximum absolute atomic E-state index is 13.3. The molecular formula is C25H27ClN2O2S. The SMILES string of the molecule is Cc1ccc([C@H](c2ccccc2)N2CCN(S(=O)(=O)c3cccc(Cl)c3C)CC2)cc1. The first-order valence-corrected chi connectivity index (χ1v) is 12.3. The standard InChI is InChI=1S/C25H27ClN2O2S/c1-19-11-13-22(14-12-19)25(21-7-4-3-5-8-21)27-15-17-28(18-16-27)31(29,30)24-10-6-9-23(26)20(24)2/h3-14,25H,15-18H2,1-2H3/t25-/m0/s1. The van der Waals surface area contributed by atoms with Crippen LogP contribution in [-0.2, 0) is 10.0 Å². The molecule has 0 aromatic heterocycles. The van der Waals surface area contributed by atoms with E-state index in [-0.39, 0.29) is 6.04 Å². The number of hydrogen-bond acceptors (Lipinski definition) is 3. The summed E-state index contributed by atoms with van der Waals surface area (Å²) >= 11 is 6.18. The van der Waals surface area contributed by atoms with Crippen LogP contribution in [0.4, 0.5) is 0 Å². The van der Waals surface area contributed by atoms with Crippen LogP contribution in [0, 0.1) is 13.8 Å². The summed E-state index contributed by atoms with van der Waals surface area (Å²) in [5.74, 6) is 0. The van der Waals surface area contributed by atoms with Gasteiger partial charge >= 0.3 is 0 Å². The number of halogens is 1. The molecule has 1 saturated heterocycles. The number of hydrogen-bond donors (Lipinski definition) is 0. The number of benzene rings is 3. The van der Waals surface area contributed by atoms with Crippen LogP contribution in [0.2, 0.25) is 5.02 Å². The Hall–Kier alpha value is -2.18. The monoisotopic (exact) mass is 454 g/mol. The number of aryl methyl sites for hydroxylation is 1. The lowest BCUT2D eigenvalue weighted by molar-refractivity contribution is 0.156. The highest BCUT2D eigenvalue weighted by atomic mass is 35.5. The maximum Gasteiger partial charge on any atom is 0.243 e. The average Bonchev–Trinajstić information content (AvgIpc) is 2.78. The second-order valence-corrected chi connectivity index (χ2v) is 10.3. The topological polar surface area (TPSA) is 40.6 Å². The molecule has 3 aromatic carbocycles. The van der Waals surface area contributed by atoms with Gasteiger partial charge in [-0.1, -0.05) is 77.8 Å². The van der Waals surface area contributed by atoms with Gasteiger partial charge < -0.3 is 0 Å². The molecule has 0 unspecified atom stereocenters. The predicted molar refractivity (Wildman–Crippen MR) is 126 cm³/mol. The fraction of sp³-hybridized carbons (Fsp3) is 0.280. The van der Waals surface area contributed by atoms with Gasteiger partial charge in [-0.15, -0.1) is 0 Å². The molecular weight excluding hydrogens is 428 g/mol. The van der Waals surface area contributed by atoms with E-state index in [1.807, 2.05) is 6.07 Å². The Morgan fingerprint density at radius 1 is 0.774 bits per heavy atom. The van der Waals surface area contributed by atoms with Gasteiger partial charge in [0.2, 0.25) is 10.0 Å². The molecule has 1 atom stereocenters. The van der Waals surface area contributed by atoms with Crippen LogP contribution in [-0.4, -0.2) is 43.8 Å². The van der Waals surface area contributed by atoms with E-state index in [0.29, 0.717) is 41.7 Å². The van der Waals surface area contributed by atoms with Gasteiger partial charge in [0.05, 0.1) is 10.9 Å². The second-order valence-electron chi connectivity index (χ2n) is 8.03. The van der Waals surface area contributed by atoms with Crippen LogP contribution in [0.1, 0.15) is 28.3 Å². The van der Waals surface area contributed by atoms with Crippen molar-refractivity contribution < 1.29 is 8.42 Å². The first kappa shape index (κ1) is 22.0. The highest BCUT2D eigenvalue weighted by Gasteiger charge is 2.33. The fourth-order valence-electron chi connectivity index (χ4n) is 4.21. The molecule has 1 aliphatic heterocycles. The minimum absolute atomic E-state index is 0.0968. The zero-order valence-corrected chi connectivity index (χ0v) is 19.4. The summed E-state index contributed by atoms with van der Waals surface area (Å²) in [6, 6.07) is 24.2. The summed E-state index contributed by atoms with van der Waals surface area (Å²) in [5, 5.41) is 0.475. The molecule has 6 heteroatoms. The van der Waals surface area contributed by atoms with Gasteiger partial charge in [-0.05, 0) is 42.7 Å². The van der Waals surface area contributed by atoms with Gasteiger partial charge in [0, 0.05) is 31.2 Å². The third-order valence-electron chi connectivity index (χ3n) is 5.98. The summed E-state index contributed by atoms with van der Waals surface area (Å²) in [4.78, 5) is 2.67. The Labute approximate surface area is 190 Å². The van der Waals surface area contributed by atoms with Crippen molar-refractivity contribution >= 4 is 21.6 Å². The van der Waals surface area contributed by atoms with Crippen LogP contribution in [0.25, 0.3) is 0 Å². The summed E-state index contributed by atoms with van der Waals surface area (Å²) in [5.41, 5.74) is 4.27. The van der Waals surface area contributed by atoms with E-state index < -0.39 is 10.0 Å². The summed E-state index contributed by atoms with van der Waals surface area (Å²) in [6.07, 6.45) is 0. The predicted octanol–water partition coefficient (Wildman–Crippen LogP) is 5.05. The van der Waals surface area contributed by atoms with Crippen LogP contribution >= 0.6 is 11.6 Å². The molecule has 0 bridgehead atoms. The normalized spacial score (nSPS) is 16.9. The zero-order valence-electron chi connectivity index (χ0n) is 17.8. The Morgan fingerprint density at radius 3 is 2.03 bits per heavy atom. The number of piperazine rings is 1. The zero-order chi connectivity index (χ0) is 22.0. The Bertz CT molecular complexity index is 1140. The molecule has 4 nitrogen and oxygen atoms in total. The van der Waals surface area contributed by atoms with E-state index >= 15 is 0 Å². The van der Waals surface area contributed by atoms with Crippen LogP contribution in [0.3, 0.4) is 0 Å². The van der Waals surface area contributed by atoms with E-state index in [1.54, 1.807) is 29.4 Å². The van der Waals surface area contributed by atoms with Crippen LogP contribution in [0.5, 0.6) is 0 Å². The van der Waals surface area contributed by atoms with Crippen molar-refractivity contribution in [2.24, 2.45) is 0 Å². The van der Waals surface area contributed by atoms with Gasteiger partial charge in [0.15, 0.2) is 0 Å². The van der Waals surface area contributed by atoms with Crippen molar-refractivity contribution in [3.05, 3.63) is 100 Å². The molecule has 0 spiro atoms. The van der Waals surface area contributed by atoms with Crippen LogP contribution in [0.15, 0.2) is 77.7 Å². The molecule has 3 aromatic rings. The average molecular weight is 455 g/mol. The van der Waals surface area contributed by atoms with Crippen molar-refractivity contribution in [2.75, 3.05) is 26.2 Å². The quantitative estimate of drug-likeness (QED) is 0.541. The van der Waals surface area contributed by atoms with Gasteiger partial charge in [-0.2, -0.15) is 4.31 Å². The lowest BCUT2D eigenvalue weighted by Crippen LogP contribution is -2.49. The van der Waals surface area contributed by atoms with E-state index in [4.69, 9.17) is 11.6 Å². The van der Waals surface area contributed by atoms with E-state index in [0.717, 1.165) is 0 Å². The maximum atomic E-state index is 13.3. The molecule has 0 radical (unpaired) electrons. The number of rotatable bonds is 5. The molecule has 4 rings (SSSR count). The first-order valence-electron chi connectivity index (χ1n) is 10.5. The molecule has 162 valence electrons. The first-order chi connectivity index (χ1) is 14.9. The molecule has 0 saturated carbocycles. The second kappa shape index (κ2) is 9.13. The summed E-state index contributed by atoms with van der Waals surface area (Å²) in [7, 11) is -3.58. The van der Waals surface area contributed by atoms with Gasteiger partial charge in [-0.3, -0.25) is 4.90 Å². The van der Waals surface area contributed by atoms with Crippen molar-refractivity contribution in [1.29, 1.82) is 0 Å². The molecule has 31 heavy (non-hydrogen) atoms. The van der Waals surface area contributed by atoms with E-state index in [2.05, 4.69) is 60.4 Å². The van der Waals surface area contributed by atoms with E-state index in [1.165, 1.54) is 16.7 Å². The molecule has 0 aliphatic carbocycles. The smallest absolute Gasteiger partial charge is 0.243 e. The minimum atomic E-state index is -3.58. The van der Waals surface area contributed by atoms with Crippen molar-refractivity contribution in [3.63, 3.8) is 0 Å². The summed E-state index contributed by atoms with van der Waals surface area (Å²) < 4.78 is 28.1. The third-order valence-corrected chi connectivity index (χ3v) is 8.44. The van der Waals surface area contributed by atoms with Gasteiger partial charge in [0.1, 0.15) is 0 Å². The Balaban J connectivity index is 1.58. The molecule has 0 amide bonds. The lowest BCUT2D eigenvalue weighted by Gasteiger charge is -2.39.